The summed E-state index contributed by atoms with van der Waals surface area (Å²) in [6, 6.07) is 11.9. The zero-order valence-corrected chi connectivity index (χ0v) is 14.6. The first kappa shape index (κ1) is 18.5. The maximum absolute atomic E-state index is 12.6. The van der Waals surface area contributed by atoms with Gasteiger partial charge in [0, 0.05) is 12.1 Å². The van der Waals surface area contributed by atoms with Gasteiger partial charge in [-0.2, -0.15) is 0 Å². The number of aromatic hydroxyl groups is 1. The molecule has 0 aromatic heterocycles. The third-order valence-corrected chi connectivity index (χ3v) is 4.45. The van der Waals surface area contributed by atoms with Crippen LogP contribution in [0.2, 0.25) is 0 Å². The summed E-state index contributed by atoms with van der Waals surface area (Å²) in [6.07, 6.45) is 0. The molecule has 1 aliphatic rings. The molecule has 0 radical (unpaired) electrons. The molecule has 7 nitrogen and oxygen atoms in total. The van der Waals surface area contributed by atoms with E-state index in [0.717, 1.165) is 0 Å². The van der Waals surface area contributed by atoms with Crippen molar-refractivity contribution in [3.05, 3.63) is 65.2 Å². The Labute approximate surface area is 155 Å². The minimum absolute atomic E-state index is 0.0765. The molecule has 2 aromatic carbocycles. The fourth-order valence-corrected chi connectivity index (χ4v) is 3.18. The number of amides is 1. The minimum atomic E-state index is -0.910. The number of phenolic OH excluding ortho intramolecular Hbond substituents is 1. The van der Waals surface area contributed by atoms with E-state index in [1.54, 1.807) is 30.3 Å². The number of methoxy groups -OCH3 is 1. The van der Waals surface area contributed by atoms with Crippen LogP contribution in [0.15, 0.2) is 54.1 Å². The van der Waals surface area contributed by atoms with Crippen molar-refractivity contribution in [1.29, 1.82) is 0 Å². The van der Waals surface area contributed by atoms with Crippen LogP contribution in [-0.2, 0) is 9.59 Å². The lowest BCUT2D eigenvalue weighted by atomic mass is 9.95. The summed E-state index contributed by atoms with van der Waals surface area (Å²) in [5.41, 5.74) is 0.789. The monoisotopic (exact) mass is 369 g/mol. The summed E-state index contributed by atoms with van der Waals surface area (Å²) in [5, 5.41) is 29.9. The number of carbonyl (C=O) groups is 2. The zero-order valence-electron chi connectivity index (χ0n) is 14.6. The smallest absolute Gasteiger partial charge is 0.295 e. The van der Waals surface area contributed by atoms with Crippen LogP contribution in [0.1, 0.15) is 17.2 Å². The van der Waals surface area contributed by atoms with Crippen molar-refractivity contribution in [3.8, 4) is 11.5 Å². The molecule has 1 saturated heterocycles. The standard InChI is InChI=1S/C20H19NO6/c1-27-15-11-13(7-8-14(15)23)17-16(18(24)12-5-3-2-4-6-12)19(25)20(26)21(17)9-10-22/h2-8,11,17,22-24H,9-10H2,1H3/b18-16+. The molecular formula is C20H19NO6. The maximum Gasteiger partial charge on any atom is 0.295 e. The van der Waals surface area contributed by atoms with E-state index in [0.29, 0.717) is 11.1 Å². The number of carbonyl (C=O) groups excluding carboxylic acids is 2. The third kappa shape index (κ3) is 3.24. The Kier molecular flexibility index (Phi) is 5.14. The van der Waals surface area contributed by atoms with Gasteiger partial charge in [-0.25, -0.2) is 0 Å². The second kappa shape index (κ2) is 7.51. The highest BCUT2D eigenvalue weighted by atomic mass is 16.5. The number of β-amino-alcohol motifs (C(OH)–C–C–N with tert-alkyl or cyclic N) is 1. The van der Waals surface area contributed by atoms with Crippen LogP contribution in [0.5, 0.6) is 11.5 Å². The molecule has 1 amide bonds. The second-order valence-corrected chi connectivity index (χ2v) is 6.01. The normalized spacial score (nSPS) is 18.7. The SMILES string of the molecule is COc1cc(C2/C(=C(\O)c3ccccc3)C(=O)C(=O)N2CCO)ccc1O. The summed E-state index contributed by atoms with van der Waals surface area (Å²) in [6.45, 7) is -0.423. The second-order valence-electron chi connectivity index (χ2n) is 6.01. The number of rotatable bonds is 5. The van der Waals surface area contributed by atoms with E-state index in [-0.39, 0.29) is 36.0 Å². The predicted octanol–water partition coefficient (Wildman–Crippen LogP) is 1.81. The molecule has 1 heterocycles. The number of hydrogen-bond acceptors (Lipinski definition) is 6. The molecule has 2 aromatic rings. The number of hydrogen-bond donors (Lipinski definition) is 3. The summed E-state index contributed by atoms with van der Waals surface area (Å²) in [5.74, 6) is -1.86. The van der Waals surface area contributed by atoms with E-state index < -0.39 is 17.7 Å². The van der Waals surface area contributed by atoms with Crippen LogP contribution in [0, 0.1) is 0 Å². The summed E-state index contributed by atoms with van der Waals surface area (Å²) in [4.78, 5) is 26.3. The van der Waals surface area contributed by atoms with E-state index in [1.165, 1.54) is 30.2 Å². The van der Waals surface area contributed by atoms with Crippen molar-refractivity contribution in [2.75, 3.05) is 20.3 Å². The molecule has 0 spiro atoms. The van der Waals surface area contributed by atoms with Crippen molar-refractivity contribution in [1.82, 2.24) is 4.90 Å². The van der Waals surface area contributed by atoms with E-state index in [9.17, 15) is 24.9 Å². The Morgan fingerprint density at radius 2 is 1.85 bits per heavy atom. The lowest BCUT2D eigenvalue weighted by Crippen LogP contribution is -2.32. The molecule has 7 heteroatoms. The third-order valence-electron chi connectivity index (χ3n) is 4.45. The van der Waals surface area contributed by atoms with Crippen LogP contribution >= 0.6 is 0 Å². The van der Waals surface area contributed by atoms with Crippen LogP contribution < -0.4 is 4.74 Å². The Balaban J connectivity index is 2.21. The number of aliphatic hydroxyl groups excluding tert-OH is 2. The maximum atomic E-state index is 12.6. The molecule has 0 bridgehead atoms. The van der Waals surface area contributed by atoms with Gasteiger partial charge in [0.1, 0.15) is 5.76 Å². The summed E-state index contributed by atoms with van der Waals surface area (Å²) < 4.78 is 5.11. The van der Waals surface area contributed by atoms with Gasteiger partial charge in [0.05, 0.1) is 25.3 Å². The number of Topliss-reactive ketones (excluding diaryl/α,β-unsaturated/α-hetero) is 1. The van der Waals surface area contributed by atoms with Crippen molar-refractivity contribution in [3.63, 3.8) is 0 Å². The minimum Gasteiger partial charge on any atom is -0.507 e. The number of likely N-dealkylation sites (tertiary alicyclic amines) is 1. The van der Waals surface area contributed by atoms with E-state index in [1.807, 2.05) is 0 Å². The molecule has 3 N–H and O–H groups in total. The van der Waals surface area contributed by atoms with Gasteiger partial charge in [-0.15, -0.1) is 0 Å². The van der Waals surface area contributed by atoms with Gasteiger partial charge < -0.3 is 25.0 Å². The quantitative estimate of drug-likeness (QED) is 0.422. The number of ether oxygens (including phenoxy) is 1. The molecule has 1 fully saturated rings. The first-order valence-electron chi connectivity index (χ1n) is 8.31. The van der Waals surface area contributed by atoms with Crippen molar-refractivity contribution in [2.24, 2.45) is 0 Å². The molecule has 1 unspecified atom stereocenters. The number of phenols is 1. The largest absolute Gasteiger partial charge is 0.507 e. The van der Waals surface area contributed by atoms with Gasteiger partial charge in [-0.3, -0.25) is 9.59 Å². The molecular weight excluding hydrogens is 350 g/mol. The Morgan fingerprint density at radius 1 is 1.15 bits per heavy atom. The molecule has 27 heavy (non-hydrogen) atoms. The zero-order chi connectivity index (χ0) is 19.6. The average Bonchev–Trinajstić information content (AvgIpc) is 2.94. The number of aliphatic hydroxyl groups is 2. The highest BCUT2D eigenvalue weighted by Gasteiger charge is 2.46. The van der Waals surface area contributed by atoms with Gasteiger partial charge in [0.25, 0.3) is 11.7 Å². The van der Waals surface area contributed by atoms with Gasteiger partial charge in [-0.1, -0.05) is 36.4 Å². The first-order chi connectivity index (χ1) is 13.0. The fourth-order valence-electron chi connectivity index (χ4n) is 3.18. The van der Waals surface area contributed by atoms with Crippen LogP contribution in [0.3, 0.4) is 0 Å². The lowest BCUT2D eigenvalue weighted by Gasteiger charge is -2.25. The van der Waals surface area contributed by atoms with E-state index >= 15 is 0 Å². The van der Waals surface area contributed by atoms with Crippen molar-refractivity contribution >= 4 is 17.4 Å². The van der Waals surface area contributed by atoms with Gasteiger partial charge in [-0.05, 0) is 17.7 Å². The number of nitrogens with zero attached hydrogens (tertiary/aromatic N) is 1. The van der Waals surface area contributed by atoms with Crippen molar-refractivity contribution < 1.29 is 29.6 Å². The highest BCUT2D eigenvalue weighted by molar-refractivity contribution is 6.46. The lowest BCUT2D eigenvalue weighted by molar-refractivity contribution is -0.140. The topological polar surface area (TPSA) is 107 Å². The van der Waals surface area contributed by atoms with Gasteiger partial charge >= 0.3 is 0 Å². The average molecular weight is 369 g/mol. The van der Waals surface area contributed by atoms with Crippen LogP contribution in [0.25, 0.3) is 5.76 Å². The van der Waals surface area contributed by atoms with Crippen molar-refractivity contribution in [2.45, 2.75) is 6.04 Å². The van der Waals surface area contributed by atoms with E-state index in [2.05, 4.69) is 0 Å². The molecule has 1 atom stereocenters. The van der Waals surface area contributed by atoms with Gasteiger partial charge in [0.15, 0.2) is 11.5 Å². The van der Waals surface area contributed by atoms with Gasteiger partial charge in [0.2, 0.25) is 0 Å². The Morgan fingerprint density at radius 3 is 2.48 bits per heavy atom. The van der Waals surface area contributed by atoms with Crippen LogP contribution in [0.4, 0.5) is 0 Å². The molecule has 3 rings (SSSR count). The Bertz CT molecular complexity index is 906. The Hall–Kier alpha value is -3.32. The molecule has 1 aliphatic heterocycles. The fraction of sp³-hybridized carbons (Fsp3) is 0.200. The molecule has 0 saturated carbocycles. The summed E-state index contributed by atoms with van der Waals surface area (Å²) >= 11 is 0. The number of ketones is 1. The molecule has 140 valence electrons. The summed E-state index contributed by atoms with van der Waals surface area (Å²) in [7, 11) is 1.38. The predicted molar refractivity (Wildman–Crippen MR) is 97.2 cm³/mol. The van der Waals surface area contributed by atoms with E-state index in [4.69, 9.17) is 4.74 Å². The highest BCUT2D eigenvalue weighted by Crippen LogP contribution is 2.41. The van der Waals surface area contributed by atoms with Crippen LogP contribution in [-0.4, -0.2) is 52.2 Å². The first-order valence-corrected chi connectivity index (χ1v) is 8.31. The number of benzene rings is 2. The molecule has 0 aliphatic carbocycles.